The average molecular weight is 438 g/mol. The molecular formula is C24H27N3O3S. The summed E-state index contributed by atoms with van der Waals surface area (Å²) in [6.45, 7) is 4.57. The Morgan fingerprint density at radius 3 is 2.19 bits per heavy atom. The number of para-hydroxylation sites is 1. The smallest absolute Gasteiger partial charge is 0.264 e. The van der Waals surface area contributed by atoms with Crippen molar-refractivity contribution in [3.8, 4) is 11.6 Å². The zero-order valence-corrected chi connectivity index (χ0v) is 18.6. The lowest BCUT2D eigenvalue weighted by Gasteiger charge is -2.34. The molecule has 0 unspecified atom stereocenters. The maximum atomic E-state index is 12.8. The molecule has 1 aromatic heterocycles. The minimum absolute atomic E-state index is 0.0251. The highest BCUT2D eigenvalue weighted by atomic mass is 32.2. The van der Waals surface area contributed by atoms with Gasteiger partial charge in [0, 0.05) is 12.0 Å². The second-order valence-corrected chi connectivity index (χ2v) is 10.4. The fraction of sp³-hybridized carbons (Fsp3) is 0.333. The molecule has 1 saturated carbocycles. The molecule has 7 heteroatoms. The lowest BCUT2D eigenvalue weighted by atomic mass is 9.72. The quantitative estimate of drug-likeness (QED) is 0.531. The van der Waals surface area contributed by atoms with Gasteiger partial charge < -0.3 is 4.74 Å². The monoisotopic (exact) mass is 437 g/mol. The Kier molecular flexibility index (Phi) is 5.96. The molecule has 0 radical (unpaired) electrons. The number of sulfonamides is 1. The van der Waals surface area contributed by atoms with Crippen molar-refractivity contribution in [1.82, 2.24) is 9.97 Å². The van der Waals surface area contributed by atoms with Crippen LogP contribution in [0, 0.1) is 5.41 Å². The van der Waals surface area contributed by atoms with Gasteiger partial charge in [0.15, 0.2) is 0 Å². The maximum absolute atomic E-state index is 12.8. The highest BCUT2D eigenvalue weighted by Gasteiger charge is 2.29. The van der Waals surface area contributed by atoms with E-state index in [1.807, 2.05) is 36.4 Å². The Hall–Kier alpha value is -2.93. The predicted octanol–water partition coefficient (Wildman–Crippen LogP) is 5.75. The van der Waals surface area contributed by atoms with Crippen molar-refractivity contribution in [3.05, 3.63) is 72.4 Å². The molecule has 162 valence electrons. The fourth-order valence-electron chi connectivity index (χ4n) is 3.83. The highest BCUT2D eigenvalue weighted by molar-refractivity contribution is 7.92. The molecule has 1 fully saturated rings. The summed E-state index contributed by atoms with van der Waals surface area (Å²) in [5.41, 5.74) is 1.13. The van der Waals surface area contributed by atoms with E-state index in [0.29, 0.717) is 17.0 Å². The van der Waals surface area contributed by atoms with Gasteiger partial charge in [-0.05, 0) is 55.4 Å². The second-order valence-electron chi connectivity index (χ2n) is 8.73. The van der Waals surface area contributed by atoms with Crippen LogP contribution in [0.25, 0.3) is 0 Å². The number of hydrogen-bond donors (Lipinski definition) is 1. The zero-order chi connectivity index (χ0) is 21.9. The standard InChI is InChI=1S/C24H27N3O3S/c1-24(2)15-13-18(14-16-24)21-17-22(30-19-9-5-3-6-10-19)26-23(25-21)27-31(28,29)20-11-7-4-8-12-20/h3-12,17-18H,13-16H2,1-2H3,(H,25,26,27). The van der Waals surface area contributed by atoms with Gasteiger partial charge in [-0.15, -0.1) is 0 Å². The van der Waals surface area contributed by atoms with Gasteiger partial charge in [0.1, 0.15) is 5.75 Å². The molecule has 4 rings (SSSR count). The largest absolute Gasteiger partial charge is 0.439 e. The van der Waals surface area contributed by atoms with E-state index in [2.05, 4.69) is 28.5 Å². The van der Waals surface area contributed by atoms with Crippen LogP contribution in [-0.4, -0.2) is 18.4 Å². The van der Waals surface area contributed by atoms with Gasteiger partial charge in [0.05, 0.1) is 10.6 Å². The van der Waals surface area contributed by atoms with Crippen molar-refractivity contribution in [1.29, 1.82) is 0 Å². The SMILES string of the molecule is CC1(C)CCC(c2cc(Oc3ccccc3)nc(NS(=O)(=O)c3ccccc3)n2)CC1. The van der Waals surface area contributed by atoms with Gasteiger partial charge in [0.2, 0.25) is 11.8 Å². The summed E-state index contributed by atoms with van der Waals surface area (Å²) in [6, 6.07) is 19.4. The van der Waals surface area contributed by atoms with Crippen molar-refractivity contribution >= 4 is 16.0 Å². The molecule has 6 nitrogen and oxygen atoms in total. The van der Waals surface area contributed by atoms with Gasteiger partial charge in [-0.25, -0.2) is 18.1 Å². The first-order valence-corrected chi connectivity index (χ1v) is 12.0. The van der Waals surface area contributed by atoms with Crippen LogP contribution in [-0.2, 0) is 10.0 Å². The summed E-state index contributed by atoms with van der Waals surface area (Å²) in [6.07, 6.45) is 4.20. The van der Waals surface area contributed by atoms with Gasteiger partial charge in [-0.3, -0.25) is 0 Å². The average Bonchev–Trinajstić information content (AvgIpc) is 2.74. The van der Waals surface area contributed by atoms with E-state index in [1.54, 1.807) is 18.2 Å². The first-order valence-electron chi connectivity index (χ1n) is 10.5. The molecule has 0 aliphatic heterocycles. The lowest BCUT2D eigenvalue weighted by Crippen LogP contribution is -2.21. The molecule has 0 atom stereocenters. The number of nitrogens with one attached hydrogen (secondary N) is 1. The molecule has 1 aliphatic rings. The first kappa shape index (κ1) is 21.3. The number of anilines is 1. The molecule has 2 aromatic carbocycles. The molecule has 3 aromatic rings. The van der Waals surface area contributed by atoms with E-state index >= 15 is 0 Å². The summed E-state index contributed by atoms with van der Waals surface area (Å²) in [7, 11) is -3.80. The number of benzene rings is 2. The van der Waals surface area contributed by atoms with Gasteiger partial charge >= 0.3 is 0 Å². The minimum atomic E-state index is -3.80. The van der Waals surface area contributed by atoms with Crippen LogP contribution in [0.1, 0.15) is 51.1 Å². The van der Waals surface area contributed by atoms with Crippen molar-refractivity contribution in [2.24, 2.45) is 5.41 Å². The number of aromatic nitrogens is 2. The number of nitrogens with zero attached hydrogens (tertiary/aromatic N) is 2. The van der Waals surface area contributed by atoms with Gasteiger partial charge in [-0.2, -0.15) is 4.98 Å². The predicted molar refractivity (Wildman–Crippen MR) is 121 cm³/mol. The summed E-state index contributed by atoms with van der Waals surface area (Å²) in [5.74, 6) is 1.23. The van der Waals surface area contributed by atoms with Crippen molar-refractivity contribution in [3.63, 3.8) is 0 Å². The van der Waals surface area contributed by atoms with Crippen LogP contribution in [0.4, 0.5) is 5.95 Å². The van der Waals surface area contributed by atoms with Gasteiger partial charge in [0.25, 0.3) is 10.0 Å². The second kappa shape index (κ2) is 8.67. The molecule has 1 N–H and O–H groups in total. The fourth-order valence-corrected chi connectivity index (χ4v) is 4.80. The maximum Gasteiger partial charge on any atom is 0.264 e. The molecule has 0 bridgehead atoms. The van der Waals surface area contributed by atoms with E-state index in [-0.39, 0.29) is 16.8 Å². The third kappa shape index (κ3) is 5.41. The van der Waals surface area contributed by atoms with E-state index in [1.165, 1.54) is 12.1 Å². The Labute approximate surface area is 183 Å². The van der Waals surface area contributed by atoms with E-state index in [0.717, 1.165) is 31.4 Å². The first-order chi connectivity index (χ1) is 14.8. The minimum Gasteiger partial charge on any atom is -0.439 e. The summed E-state index contributed by atoms with van der Waals surface area (Å²) in [4.78, 5) is 9.08. The third-order valence-electron chi connectivity index (χ3n) is 5.72. The van der Waals surface area contributed by atoms with Crippen LogP contribution >= 0.6 is 0 Å². The normalized spacial score (nSPS) is 16.6. The van der Waals surface area contributed by atoms with Crippen molar-refractivity contribution in [2.45, 2.75) is 50.3 Å². The molecule has 1 aliphatic carbocycles. The number of hydrogen-bond acceptors (Lipinski definition) is 5. The van der Waals surface area contributed by atoms with E-state index < -0.39 is 10.0 Å². The molecular weight excluding hydrogens is 410 g/mol. The lowest BCUT2D eigenvalue weighted by molar-refractivity contribution is 0.222. The molecule has 31 heavy (non-hydrogen) atoms. The number of ether oxygens (including phenoxy) is 1. The highest BCUT2D eigenvalue weighted by Crippen LogP contribution is 2.42. The van der Waals surface area contributed by atoms with Crippen LogP contribution in [0.2, 0.25) is 0 Å². The molecule has 1 heterocycles. The van der Waals surface area contributed by atoms with Crippen molar-refractivity contribution in [2.75, 3.05) is 4.72 Å². The van der Waals surface area contributed by atoms with Crippen LogP contribution in [0.3, 0.4) is 0 Å². The van der Waals surface area contributed by atoms with Gasteiger partial charge in [-0.1, -0.05) is 50.2 Å². The summed E-state index contributed by atoms with van der Waals surface area (Å²) < 4.78 is 34.1. The molecule has 0 saturated heterocycles. The molecule has 0 amide bonds. The van der Waals surface area contributed by atoms with Crippen LogP contribution < -0.4 is 9.46 Å². The summed E-state index contributed by atoms with van der Waals surface area (Å²) >= 11 is 0. The summed E-state index contributed by atoms with van der Waals surface area (Å²) in [5, 5.41) is 0. The molecule has 0 spiro atoms. The zero-order valence-electron chi connectivity index (χ0n) is 17.8. The van der Waals surface area contributed by atoms with Crippen molar-refractivity contribution < 1.29 is 13.2 Å². The third-order valence-corrected chi connectivity index (χ3v) is 7.07. The van der Waals surface area contributed by atoms with Crippen LogP contribution in [0.15, 0.2) is 71.6 Å². The van der Waals surface area contributed by atoms with Crippen LogP contribution in [0.5, 0.6) is 11.6 Å². The number of rotatable bonds is 6. The Bertz CT molecular complexity index is 1120. The Morgan fingerprint density at radius 2 is 1.55 bits per heavy atom. The topological polar surface area (TPSA) is 81.2 Å². The Morgan fingerprint density at radius 1 is 0.935 bits per heavy atom. The Balaban J connectivity index is 1.66. The van der Waals surface area contributed by atoms with E-state index in [4.69, 9.17) is 4.74 Å². The van der Waals surface area contributed by atoms with E-state index in [9.17, 15) is 8.42 Å².